The summed E-state index contributed by atoms with van der Waals surface area (Å²) in [7, 11) is 0. The van der Waals surface area contributed by atoms with Crippen molar-refractivity contribution in [3.8, 4) is 0 Å². The van der Waals surface area contributed by atoms with Crippen LogP contribution in [0.1, 0.15) is 97.7 Å². The van der Waals surface area contributed by atoms with Gasteiger partial charge in [-0.05, 0) is 77.3 Å². The smallest absolute Gasteiger partial charge is 0.433 e. The van der Waals surface area contributed by atoms with Gasteiger partial charge in [-0.25, -0.2) is 0 Å². The second-order valence-corrected chi connectivity index (χ2v) is 13.8. The van der Waals surface area contributed by atoms with Gasteiger partial charge in [0, 0.05) is 5.02 Å². The predicted molar refractivity (Wildman–Crippen MR) is 153 cm³/mol. The maximum Gasteiger partial charge on any atom is 0.433 e. The van der Waals surface area contributed by atoms with Crippen LogP contribution in [-0.2, 0) is 15.7 Å². The van der Waals surface area contributed by atoms with Crippen LogP contribution < -0.4 is 0 Å². The van der Waals surface area contributed by atoms with Gasteiger partial charge in [-0.15, -0.1) is 0 Å². The number of halogens is 6. The van der Waals surface area contributed by atoms with Gasteiger partial charge in [-0.1, -0.05) is 34.8 Å². The molecule has 1 aromatic heterocycles. The van der Waals surface area contributed by atoms with Crippen molar-refractivity contribution in [3.05, 3.63) is 50.2 Å². The zero-order chi connectivity index (χ0) is 31.5. The Morgan fingerprint density at radius 3 is 2.12 bits per heavy atom. The van der Waals surface area contributed by atoms with Gasteiger partial charge in [0.25, 0.3) is 5.91 Å². The molecule has 1 aromatic carbocycles. The van der Waals surface area contributed by atoms with Crippen LogP contribution >= 0.6 is 34.8 Å². The molecule has 1 amide bonds. The van der Waals surface area contributed by atoms with E-state index in [1.54, 1.807) is 6.92 Å². The first-order valence-corrected chi connectivity index (χ1v) is 15.1. The number of fused-ring (bicyclic) bond motifs is 2. The molecule has 2 aliphatic heterocycles. The SMILES string of the molecule is CC12CCC(CN(CC(=O)c3c(Cl)cc(Cl)cc3Cl)C(=O)c3cnn([C@H]4CC[C@](C)(C(=O)O)CC4)c3C(F)(F)F)(CC1)O2. The zero-order valence-electron chi connectivity index (χ0n) is 23.6. The number of aliphatic carboxylic acids is 1. The third-order valence-electron chi connectivity index (χ3n) is 9.28. The Balaban J connectivity index is 1.49. The van der Waals surface area contributed by atoms with E-state index in [9.17, 15) is 32.7 Å². The Hall–Kier alpha value is -2.34. The van der Waals surface area contributed by atoms with Gasteiger partial charge in [0.15, 0.2) is 11.5 Å². The van der Waals surface area contributed by atoms with Gasteiger partial charge < -0.3 is 14.7 Å². The molecule has 14 heteroatoms. The standard InChI is InChI=1S/C29H31Cl3F3N3O5/c1-26(25(41)42)5-3-17(4-6-26)38-23(29(33,34)35)18(13-36-38)24(40)37(15-28-9-7-27(2,43-28)8-10-28)14-21(39)22-19(31)11-16(30)12-20(22)32/h11-13,17H,3-10,14-15H2,1-2H3,(H,41,42)/t17-,26-,27?,28?. The summed E-state index contributed by atoms with van der Waals surface area (Å²) in [5.41, 5.74) is -4.27. The summed E-state index contributed by atoms with van der Waals surface area (Å²) in [6.45, 7) is 2.81. The summed E-state index contributed by atoms with van der Waals surface area (Å²) < 4.78 is 50.9. The molecule has 234 valence electrons. The van der Waals surface area contributed by atoms with E-state index < -0.39 is 64.3 Å². The third kappa shape index (κ3) is 6.15. The van der Waals surface area contributed by atoms with Gasteiger partial charge in [-0.2, -0.15) is 18.3 Å². The topological polar surface area (TPSA) is 102 Å². The van der Waals surface area contributed by atoms with Gasteiger partial charge in [0.2, 0.25) is 0 Å². The number of ether oxygens (including phenoxy) is 1. The Labute approximate surface area is 261 Å². The van der Waals surface area contributed by atoms with Crippen LogP contribution in [0.2, 0.25) is 15.1 Å². The molecule has 43 heavy (non-hydrogen) atoms. The first kappa shape index (κ1) is 32.1. The molecule has 3 heterocycles. The highest BCUT2D eigenvalue weighted by molar-refractivity contribution is 6.42. The van der Waals surface area contributed by atoms with Crippen LogP contribution in [0.4, 0.5) is 13.2 Å². The lowest BCUT2D eigenvalue weighted by molar-refractivity contribution is -0.152. The minimum absolute atomic E-state index is 0.0481. The molecule has 0 radical (unpaired) electrons. The van der Waals surface area contributed by atoms with E-state index in [-0.39, 0.29) is 52.9 Å². The largest absolute Gasteiger partial charge is 0.481 e. The number of alkyl halides is 3. The number of carbonyl (C=O) groups is 3. The molecular weight excluding hydrogens is 634 g/mol. The molecule has 3 aliphatic rings. The van der Waals surface area contributed by atoms with Crippen molar-refractivity contribution >= 4 is 52.5 Å². The maximum absolute atomic E-state index is 14.6. The second kappa shape index (κ2) is 11.2. The average Bonchev–Trinajstić information content (AvgIpc) is 3.58. The molecule has 8 nitrogen and oxygen atoms in total. The zero-order valence-corrected chi connectivity index (χ0v) is 25.8. The van der Waals surface area contributed by atoms with Crippen molar-refractivity contribution in [2.24, 2.45) is 5.41 Å². The molecule has 3 fully saturated rings. The molecule has 1 N–H and O–H groups in total. The number of carbonyl (C=O) groups excluding carboxylic acids is 2. The van der Waals surface area contributed by atoms with Crippen LogP contribution in [0, 0.1) is 5.41 Å². The monoisotopic (exact) mass is 663 g/mol. The normalized spacial score (nSPS) is 28.7. The summed E-state index contributed by atoms with van der Waals surface area (Å²) in [5, 5.41) is 13.6. The number of hydrogen-bond acceptors (Lipinski definition) is 5. The fourth-order valence-corrected chi connectivity index (χ4v) is 7.73. The highest BCUT2D eigenvalue weighted by Gasteiger charge is 2.54. The maximum atomic E-state index is 14.6. The van der Waals surface area contributed by atoms with E-state index in [0.717, 1.165) is 28.6 Å². The molecule has 1 aliphatic carbocycles. The van der Waals surface area contributed by atoms with Crippen molar-refractivity contribution in [1.29, 1.82) is 0 Å². The van der Waals surface area contributed by atoms with Gasteiger partial charge in [-0.3, -0.25) is 19.1 Å². The number of carboxylic acids is 1. The van der Waals surface area contributed by atoms with Gasteiger partial charge in [0.1, 0.15) is 0 Å². The molecule has 0 atom stereocenters. The summed E-state index contributed by atoms with van der Waals surface area (Å²) in [4.78, 5) is 40.3. The Morgan fingerprint density at radius 1 is 1.05 bits per heavy atom. The Bertz CT molecular complexity index is 1440. The number of rotatable bonds is 8. The lowest BCUT2D eigenvalue weighted by Gasteiger charge is -2.35. The molecule has 2 bridgehead atoms. The van der Waals surface area contributed by atoms with E-state index in [2.05, 4.69) is 5.10 Å². The number of amides is 1. The van der Waals surface area contributed by atoms with Crippen molar-refractivity contribution in [2.45, 2.75) is 88.6 Å². The molecule has 0 spiro atoms. The fraction of sp³-hybridized carbons (Fsp3) is 0.586. The molecule has 2 aromatic rings. The summed E-state index contributed by atoms with van der Waals surface area (Å²) in [6.07, 6.45) is -0.854. The molecule has 0 unspecified atom stereocenters. The third-order valence-corrected chi connectivity index (χ3v) is 10.1. The van der Waals surface area contributed by atoms with Crippen molar-refractivity contribution in [1.82, 2.24) is 14.7 Å². The van der Waals surface area contributed by atoms with E-state index in [0.29, 0.717) is 12.8 Å². The second-order valence-electron chi connectivity index (χ2n) is 12.5. The number of Topliss-reactive ketones (excluding diaryl/α,β-unsaturated/α-hetero) is 1. The summed E-state index contributed by atoms with van der Waals surface area (Å²) in [6, 6.07) is 1.89. The van der Waals surface area contributed by atoms with Crippen LogP contribution in [0.15, 0.2) is 18.3 Å². The van der Waals surface area contributed by atoms with Crippen LogP contribution in [0.25, 0.3) is 0 Å². The van der Waals surface area contributed by atoms with Crippen LogP contribution in [0.5, 0.6) is 0 Å². The molecule has 5 rings (SSSR count). The van der Waals surface area contributed by atoms with E-state index >= 15 is 0 Å². The number of ketones is 1. The lowest BCUT2D eigenvalue weighted by Crippen LogP contribution is -2.47. The predicted octanol–water partition coefficient (Wildman–Crippen LogP) is 7.49. The van der Waals surface area contributed by atoms with E-state index in [4.69, 9.17) is 39.5 Å². The fourth-order valence-electron chi connectivity index (χ4n) is 6.71. The first-order chi connectivity index (χ1) is 20.0. The van der Waals surface area contributed by atoms with Crippen molar-refractivity contribution in [2.75, 3.05) is 13.1 Å². The summed E-state index contributed by atoms with van der Waals surface area (Å²) in [5.74, 6) is -2.70. The highest BCUT2D eigenvalue weighted by atomic mass is 35.5. The number of benzene rings is 1. The average molecular weight is 665 g/mol. The Morgan fingerprint density at radius 2 is 1.63 bits per heavy atom. The molecular formula is C29H31Cl3F3N3O5. The van der Waals surface area contributed by atoms with E-state index in [1.807, 2.05) is 6.92 Å². The quantitative estimate of drug-likeness (QED) is 0.294. The lowest BCUT2D eigenvalue weighted by atomic mass is 9.74. The van der Waals surface area contributed by atoms with Gasteiger partial charge in [0.05, 0.1) is 63.1 Å². The first-order valence-electron chi connectivity index (χ1n) is 14.0. The summed E-state index contributed by atoms with van der Waals surface area (Å²) >= 11 is 18.5. The number of hydrogen-bond donors (Lipinski definition) is 1. The van der Waals surface area contributed by atoms with Crippen molar-refractivity contribution in [3.63, 3.8) is 0 Å². The van der Waals surface area contributed by atoms with Crippen LogP contribution in [-0.4, -0.2) is 61.7 Å². The molecule has 2 saturated heterocycles. The number of aromatic nitrogens is 2. The minimum atomic E-state index is -4.96. The van der Waals surface area contributed by atoms with Crippen LogP contribution in [0.3, 0.4) is 0 Å². The molecule has 1 saturated carbocycles. The van der Waals surface area contributed by atoms with Crippen molar-refractivity contribution < 1.29 is 37.4 Å². The minimum Gasteiger partial charge on any atom is -0.481 e. The Kier molecular flexibility index (Phi) is 8.37. The van der Waals surface area contributed by atoms with E-state index in [1.165, 1.54) is 12.1 Å². The van der Waals surface area contributed by atoms with Gasteiger partial charge >= 0.3 is 12.1 Å². The number of nitrogens with zero attached hydrogens (tertiary/aromatic N) is 3. The highest BCUT2D eigenvalue weighted by Crippen LogP contribution is 2.51. The number of carboxylic acid groups (broad SMARTS) is 1.